The maximum atomic E-state index is 11.3. The van der Waals surface area contributed by atoms with Crippen LogP contribution in [0.4, 0.5) is 0 Å². The molecule has 5 nitrogen and oxygen atoms in total. The maximum absolute atomic E-state index is 11.3. The van der Waals surface area contributed by atoms with Crippen LogP contribution in [-0.2, 0) is 9.59 Å². The minimum atomic E-state index is -0.468. The molecule has 1 atom stereocenters. The van der Waals surface area contributed by atoms with Gasteiger partial charge in [0.25, 0.3) is 5.91 Å². The molecule has 1 amide bonds. The number of piperidine rings is 1. The summed E-state index contributed by atoms with van der Waals surface area (Å²) in [6.07, 6.45) is 8.68. The Bertz CT molecular complexity index is 340. The molecule has 20 heavy (non-hydrogen) atoms. The molecule has 2 rings (SSSR count). The van der Waals surface area contributed by atoms with E-state index in [1.807, 2.05) is 7.05 Å². The summed E-state index contributed by atoms with van der Waals surface area (Å²) in [4.78, 5) is 24.4. The fraction of sp³-hybridized carbons (Fsp3) is 0.867. The van der Waals surface area contributed by atoms with Gasteiger partial charge in [0, 0.05) is 31.2 Å². The van der Waals surface area contributed by atoms with Crippen LogP contribution in [-0.4, -0.2) is 55.4 Å². The summed E-state index contributed by atoms with van der Waals surface area (Å²) in [5.74, 6) is -0.468. The number of nitrogens with zero attached hydrogens (tertiary/aromatic N) is 1. The monoisotopic (exact) mass is 281 g/mol. The van der Waals surface area contributed by atoms with Crippen LogP contribution in [0.25, 0.3) is 0 Å². The predicted octanol–water partition coefficient (Wildman–Crippen LogP) is 0.688. The molecule has 0 bridgehead atoms. The number of hydrogen-bond acceptors (Lipinski definition) is 4. The Morgan fingerprint density at radius 2 is 2.10 bits per heavy atom. The van der Waals surface area contributed by atoms with Crippen LogP contribution in [0.1, 0.15) is 44.9 Å². The highest BCUT2D eigenvalue weighted by molar-refractivity contribution is 6.23. The third kappa shape index (κ3) is 3.58. The number of carbonyl (C=O) groups excluding carboxylic acids is 2. The van der Waals surface area contributed by atoms with Gasteiger partial charge in [-0.25, -0.2) is 0 Å². The number of aldehydes is 1. The smallest absolute Gasteiger partial charge is 0.284 e. The molecule has 5 heteroatoms. The highest BCUT2D eigenvalue weighted by Crippen LogP contribution is 2.40. The first-order chi connectivity index (χ1) is 9.70. The van der Waals surface area contributed by atoms with Gasteiger partial charge in [0.1, 0.15) is 0 Å². The summed E-state index contributed by atoms with van der Waals surface area (Å²) in [5.41, 5.74) is 0.244. The van der Waals surface area contributed by atoms with E-state index < -0.39 is 5.91 Å². The van der Waals surface area contributed by atoms with Gasteiger partial charge in [-0.05, 0) is 32.7 Å². The highest BCUT2D eigenvalue weighted by Gasteiger charge is 2.42. The second kappa shape index (κ2) is 7.18. The van der Waals surface area contributed by atoms with Gasteiger partial charge in [0.2, 0.25) is 6.29 Å². The van der Waals surface area contributed by atoms with Gasteiger partial charge in [-0.1, -0.05) is 19.3 Å². The number of amides is 1. The summed E-state index contributed by atoms with van der Waals surface area (Å²) in [5, 5.41) is 6.10. The molecule has 2 aliphatic rings. The lowest BCUT2D eigenvalue weighted by Crippen LogP contribution is -2.60. The Morgan fingerprint density at radius 3 is 2.75 bits per heavy atom. The summed E-state index contributed by atoms with van der Waals surface area (Å²) in [7, 11) is 1.99. The molecule has 1 unspecified atom stereocenters. The maximum Gasteiger partial charge on any atom is 0.284 e. The average Bonchev–Trinajstić information content (AvgIpc) is 2.47. The third-order valence-electron chi connectivity index (χ3n) is 4.91. The molecule has 1 heterocycles. The van der Waals surface area contributed by atoms with Crippen molar-refractivity contribution in [1.29, 1.82) is 0 Å². The minimum absolute atomic E-state index is 0.164. The zero-order chi connectivity index (χ0) is 14.4. The average molecular weight is 281 g/mol. The van der Waals surface area contributed by atoms with Crippen LogP contribution < -0.4 is 10.6 Å². The van der Waals surface area contributed by atoms with Crippen molar-refractivity contribution in [3.63, 3.8) is 0 Å². The molecule has 1 aliphatic carbocycles. The number of rotatable bonds is 5. The second-order valence-corrected chi connectivity index (χ2v) is 6.19. The summed E-state index contributed by atoms with van der Waals surface area (Å²) in [6.45, 7) is 3.10. The van der Waals surface area contributed by atoms with E-state index in [-0.39, 0.29) is 11.6 Å². The number of likely N-dealkylation sites (N-methyl/N-ethyl adjacent to an activating group) is 1. The molecular weight excluding hydrogens is 254 g/mol. The minimum Gasteiger partial charge on any atom is -0.347 e. The van der Waals surface area contributed by atoms with Gasteiger partial charge in [-0.15, -0.1) is 0 Å². The van der Waals surface area contributed by atoms with E-state index in [4.69, 9.17) is 0 Å². The van der Waals surface area contributed by atoms with Crippen LogP contribution in [0.3, 0.4) is 0 Å². The fourth-order valence-corrected chi connectivity index (χ4v) is 3.92. The van der Waals surface area contributed by atoms with Crippen LogP contribution in [0.5, 0.6) is 0 Å². The quantitative estimate of drug-likeness (QED) is 0.575. The van der Waals surface area contributed by atoms with Crippen molar-refractivity contribution < 1.29 is 9.59 Å². The van der Waals surface area contributed by atoms with Crippen molar-refractivity contribution >= 4 is 12.2 Å². The van der Waals surface area contributed by atoms with Gasteiger partial charge in [0.15, 0.2) is 0 Å². The Morgan fingerprint density at radius 1 is 1.35 bits per heavy atom. The Balaban J connectivity index is 2.02. The summed E-state index contributed by atoms with van der Waals surface area (Å²) in [6, 6.07) is 0.164. The van der Waals surface area contributed by atoms with Crippen LogP contribution in [0.15, 0.2) is 0 Å². The molecule has 2 fully saturated rings. The first-order valence-corrected chi connectivity index (χ1v) is 7.85. The molecule has 0 aromatic heterocycles. The second-order valence-electron chi connectivity index (χ2n) is 6.19. The standard InChI is InChI=1S/C15H27N3O2/c1-16-8-10-18-9-5-13(17-14(20)12-19)11-15(18)6-3-2-4-7-15/h12-13,16H,2-11H2,1H3,(H,17,20). The zero-order valence-electron chi connectivity index (χ0n) is 12.5. The van der Waals surface area contributed by atoms with E-state index in [1.54, 1.807) is 0 Å². The summed E-state index contributed by atoms with van der Waals surface area (Å²) >= 11 is 0. The van der Waals surface area contributed by atoms with Crippen LogP contribution >= 0.6 is 0 Å². The molecule has 0 aromatic rings. The van der Waals surface area contributed by atoms with Crippen molar-refractivity contribution in [3.05, 3.63) is 0 Å². The number of likely N-dealkylation sites (tertiary alicyclic amines) is 1. The molecule has 1 saturated carbocycles. The largest absolute Gasteiger partial charge is 0.347 e. The lowest BCUT2D eigenvalue weighted by Gasteiger charge is -2.52. The van der Waals surface area contributed by atoms with E-state index in [2.05, 4.69) is 15.5 Å². The van der Waals surface area contributed by atoms with Crippen LogP contribution in [0, 0.1) is 0 Å². The predicted molar refractivity (Wildman–Crippen MR) is 78.5 cm³/mol. The van der Waals surface area contributed by atoms with Crippen molar-refractivity contribution in [2.75, 3.05) is 26.7 Å². The van der Waals surface area contributed by atoms with Gasteiger partial charge < -0.3 is 10.6 Å². The SMILES string of the molecule is CNCCN1CCC(NC(=O)C=O)CC12CCCCC2. The lowest BCUT2D eigenvalue weighted by atomic mass is 9.73. The Hall–Kier alpha value is -0.940. The summed E-state index contributed by atoms with van der Waals surface area (Å²) < 4.78 is 0. The van der Waals surface area contributed by atoms with Crippen molar-refractivity contribution in [2.45, 2.75) is 56.5 Å². The topological polar surface area (TPSA) is 61.4 Å². The van der Waals surface area contributed by atoms with Gasteiger partial charge in [0.05, 0.1) is 0 Å². The molecule has 1 saturated heterocycles. The van der Waals surface area contributed by atoms with E-state index in [0.29, 0.717) is 6.29 Å². The van der Waals surface area contributed by atoms with E-state index in [1.165, 1.54) is 32.1 Å². The molecule has 2 N–H and O–H groups in total. The van der Waals surface area contributed by atoms with Gasteiger partial charge in [-0.3, -0.25) is 14.5 Å². The third-order valence-corrected chi connectivity index (χ3v) is 4.91. The molecule has 0 radical (unpaired) electrons. The first-order valence-electron chi connectivity index (χ1n) is 7.85. The van der Waals surface area contributed by atoms with E-state index in [9.17, 15) is 9.59 Å². The molecule has 1 aliphatic heterocycles. The van der Waals surface area contributed by atoms with Crippen molar-refractivity contribution in [2.24, 2.45) is 0 Å². The normalized spacial score (nSPS) is 26.4. The highest BCUT2D eigenvalue weighted by atomic mass is 16.2. The van der Waals surface area contributed by atoms with Crippen molar-refractivity contribution in [1.82, 2.24) is 15.5 Å². The molecule has 1 spiro atoms. The Labute approximate surface area is 121 Å². The van der Waals surface area contributed by atoms with Crippen LogP contribution in [0.2, 0.25) is 0 Å². The molecule has 0 aromatic carbocycles. The van der Waals surface area contributed by atoms with Gasteiger partial charge in [-0.2, -0.15) is 0 Å². The van der Waals surface area contributed by atoms with E-state index >= 15 is 0 Å². The number of hydrogen-bond donors (Lipinski definition) is 2. The molecule has 114 valence electrons. The van der Waals surface area contributed by atoms with Gasteiger partial charge >= 0.3 is 0 Å². The first kappa shape index (κ1) is 15.4. The number of carbonyl (C=O) groups is 2. The Kier molecular flexibility index (Phi) is 5.54. The fourth-order valence-electron chi connectivity index (χ4n) is 3.92. The zero-order valence-corrected chi connectivity index (χ0v) is 12.5. The molecular formula is C15H27N3O2. The number of nitrogens with one attached hydrogen (secondary N) is 2. The van der Waals surface area contributed by atoms with E-state index in [0.717, 1.165) is 32.5 Å². The van der Waals surface area contributed by atoms with Crippen molar-refractivity contribution in [3.8, 4) is 0 Å². The lowest BCUT2D eigenvalue weighted by molar-refractivity contribution is -0.132.